The third-order valence-electron chi connectivity index (χ3n) is 5.91. The number of carbonyl (C=O) groups excluding carboxylic acids is 2. The predicted octanol–water partition coefficient (Wildman–Crippen LogP) is 3.40. The molecule has 182 valence electrons. The first-order valence-corrected chi connectivity index (χ1v) is 12.7. The summed E-state index contributed by atoms with van der Waals surface area (Å²) in [6.07, 6.45) is 1.76. The SMILES string of the molecule is C=CCn1c(SCC(=O)N2CCN(c3ccccc3)CC2)nnc1[C@H](C)NC(=O)c1ccccc1. The van der Waals surface area contributed by atoms with Crippen molar-refractivity contribution < 1.29 is 9.59 Å². The number of para-hydroxylation sites is 1. The van der Waals surface area contributed by atoms with E-state index in [1.165, 1.54) is 17.4 Å². The van der Waals surface area contributed by atoms with Gasteiger partial charge in [0.05, 0.1) is 11.8 Å². The highest BCUT2D eigenvalue weighted by Gasteiger charge is 2.24. The molecule has 3 aromatic rings. The molecule has 2 heterocycles. The third kappa shape index (κ3) is 6.10. The lowest BCUT2D eigenvalue weighted by atomic mass is 10.2. The summed E-state index contributed by atoms with van der Waals surface area (Å²) in [5.74, 6) is 0.819. The van der Waals surface area contributed by atoms with Crippen molar-refractivity contribution in [3.8, 4) is 0 Å². The molecule has 1 aromatic heterocycles. The highest BCUT2D eigenvalue weighted by Crippen LogP contribution is 2.22. The maximum Gasteiger partial charge on any atom is 0.251 e. The highest BCUT2D eigenvalue weighted by molar-refractivity contribution is 7.99. The van der Waals surface area contributed by atoms with Gasteiger partial charge in [-0.3, -0.25) is 9.59 Å². The Morgan fingerprint density at radius 1 is 1.03 bits per heavy atom. The van der Waals surface area contributed by atoms with E-state index in [0.717, 1.165) is 13.1 Å². The third-order valence-corrected chi connectivity index (χ3v) is 6.86. The predicted molar refractivity (Wildman–Crippen MR) is 139 cm³/mol. The zero-order valence-electron chi connectivity index (χ0n) is 19.8. The maximum absolute atomic E-state index is 12.9. The molecule has 9 heteroatoms. The number of aromatic nitrogens is 3. The summed E-state index contributed by atoms with van der Waals surface area (Å²) >= 11 is 1.36. The summed E-state index contributed by atoms with van der Waals surface area (Å²) in [5, 5.41) is 12.2. The van der Waals surface area contributed by atoms with Crippen molar-refractivity contribution in [3.63, 3.8) is 0 Å². The summed E-state index contributed by atoms with van der Waals surface area (Å²) in [6, 6.07) is 19.0. The molecule has 0 unspecified atom stereocenters. The van der Waals surface area contributed by atoms with Crippen LogP contribution in [0.3, 0.4) is 0 Å². The number of hydrogen-bond donors (Lipinski definition) is 1. The fourth-order valence-electron chi connectivity index (χ4n) is 4.03. The Morgan fingerprint density at radius 3 is 2.34 bits per heavy atom. The van der Waals surface area contributed by atoms with E-state index >= 15 is 0 Å². The van der Waals surface area contributed by atoms with Crippen LogP contribution in [0.4, 0.5) is 5.69 Å². The Hall–Kier alpha value is -3.59. The molecule has 0 spiro atoms. The van der Waals surface area contributed by atoms with E-state index in [1.807, 2.05) is 52.8 Å². The lowest BCUT2D eigenvalue weighted by Gasteiger charge is -2.36. The van der Waals surface area contributed by atoms with Gasteiger partial charge >= 0.3 is 0 Å². The van der Waals surface area contributed by atoms with Gasteiger partial charge in [-0.1, -0.05) is 54.2 Å². The minimum atomic E-state index is -0.355. The van der Waals surface area contributed by atoms with Crippen molar-refractivity contribution in [3.05, 3.63) is 84.7 Å². The summed E-state index contributed by atoms with van der Waals surface area (Å²) in [7, 11) is 0. The van der Waals surface area contributed by atoms with Gasteiger partial charge in [-0.15, -0.1) is 16.8 Å². The molecular formula is C26H30N6O2S. The molecule has 0 bridgehead atoms. The number of allylic oxidation sites excluding steroid dienone is 1. The van der Waals surface area contributed by atoms with E-state index in [1.54, 1.807) is 18.2 Å². The van der Waals surface area contributed by atoms with Crippen molar-refractivity contribution in [2.24, 2.45) is 0 Å². The minimum Gasteiger partial charge on any atom is -0.368 e. The highest BCUT2D eigenvalue weighted by atomic mass is 32.2. The van der Waals surface area contributed by atoms with Crippen LogP contribution in [0, 0.1) is 0 Å². The van der Waals surface area contributed by atoms with E-state index in [4.69, 9.17) is 0 Å². The van der Waals surface area contributed by atoms with Gasteiger partial charge in [0.15, 0.2) is 11.0 Å². The smallest absolute Gasteiger partial charge is 0.251 e. The number of hydrogen-bond acceptors (Lipinski definition) is 6. The second-order valence-electron chi connectivity index (χ2n) is 8.29. The Bertz CT molecular complexity index is 1140. The second-order valence-corrected chi connectivity index (χ2v) is 9.24. The first-order valence-electron chi connectivity index (χ1n) is 11.7. The number of nitrogens with zero attached hydrogens (tertiary/aromatic N) is 5. The van der Waals surface area contributed by atoms with Gasteiger partial charge in [-0.25, -0.2) is 0 Å². The molecule has 2 aromatic carbocycles. The Morgan fingerprint density at radius 2 is 1.69 bits per heavy atom. The van der Waals surface area contributed by atoms with Crippen LogP contribution in [-0.4, -0.2) is 63.4 Å². The van der Waals surface area contributed by atoms with Gasteiger partial charge in [0, 0.05) is 44.0 Å². The van der Waals surface area contributed by atoms with Gasteiger partial charge in [-0.05, 0) is 31.2 Å². The van der Waals surface area contributed by atoms with E-state index in [-0.39, 0.29) is 23.6 Å². The molecule has 4 rings (SSSR count). The second kappa shape index (κ2) is 11.7. The van der Waals surface area contributed by atoms with Gasteiger partial charge in [0.25, 0.3) is 5.91 Å². The van der Waals surface area contributed by atoms with Gasteiger partial charge in [0.1, 0.15) is 0 Å². The van der Waals surface area contributed by atoms with Crippen molar-refractivity contribution in [1.82, 2.24) is 25.0 Å². The van der Waals surface area contributed by atoms with Crippen molar-refractivity contribution >= 4 is 29.3 Å². The van der Waals surface area contributed by atoms with Gasteiger partial charge in [-0.2, -0.15) is 0 Å². The van der Waals surface area contributed by atoms with Crippen LogP contribution in [0.15, 0.2) is 78.5 Å². The van der Waals surface area contributed by atoms with E-state index < -0.39 is 0 Å². The topological polar surface area (TPSA) is 83.4 Å². The molecule has 1 N–H and O–H groups in total. The van der Waals surface area contributed by atoms with Crippen LogP contribution < -0.4 is 10.2 Å². The zero-order valence-corrected chi connectivity index (χ0v) is 20.7. The standard InChI is InChI=1S/C26H30N6O2S/c1-3-14-32-24(20(2)27-25(34)21-10-6-4-7-11-21)28-29-26(32)35-19-23(33)31-17-15-30(16-18-31)22-12-8-5-9-13-22/h3-13,20H,1,14-19H2,2H3,(H,27,34)/t20-/m0/s1. The van der Waals surface area contributed by atoms with E-state index in [2.05, 4.69) is 39.1 Å². The quantitative estimate of drug-likeness (QED) is 0.366. The number of thioether (sulfide) groups is 1. The molecule has 0 saturated carbocycles. The van der Waals surface area contributed by atoms with Crippen molar-refractivity contribution in [1.29, 1.82) is 0 Å². The van der Waals surface area contributed by atoms with Crippen LogP contribution in [0.5, 0.6) is 0 Å². The molecule has 1 atom stereocenters. The van der Waals surface area contributed by atoms with Gasteiger partial charge < -0.3 is 19.7 Å². The summed E-state index contributed by atoms with van der Waals surface area (Å²) in [5.41, 5.74) is 1.77. The van der Waals surface area contributed by atoms with Crippen LogP contribution in [0.25, 0.3) is 0 Å². The summed E-state index contributed by atoms with van der Waals surface area (Å²) in [6.45, 7) is 9.21. The Kier molecular flexibility index (Phi) is 8.20. The molecule has 35 heavy (non-hydrogen) atoms. The number of piperazine rings is 1. The molecule has 8 nitrogen and oxygen atoms in total. The maximum atomic E-state index is 12.9. The number of rotatable bonds is 9. The number of anilines is 1. The van der Waals surface area contributed by atoms with E-state index in [9.17, 15) is 9.59 Å². The fourth-order valence-corrected chi connectivity index (χ4v) is 4.89. The number of nitrogens with one attached hydrogen (secondary N) is 1. The Labute approximate surface area is 210 Å². The molecule has 1 saturated heterocycles. The number of benzene rings is 2. The van der Waals surface area contributed by atoms with Crippen molar-refractivity contribution in [2.75, 3.05) is 36.8 Å². The molecule has 1 aliphatic rings. The first-order chi connectivity index (χ1) is 17.1. The lowest BCUT2D eigenvalue weighted by Crippen LogP contribution is -2.49. The normalized spacial score (nSPS) is 14.4. The molecular weight excluding hydrogens is 460 g/mol. The average Bonchev–Trinajstić information content (AvgIpc) is 3.31. The summed E-state index contributed by atoms with van der Waals surface area (Å²) < 4.78 is 1.90. The van der Waals surface area contributed by atoms with Crippen LogP contribution >= 0.6 is 11.8 Å². The first kappa shape index (κ1) is 24.5. The van der Waals surface area contributed by atoms with E-state index in [0.29, 0.717) is 36.2 Å². The average molecular weight is 491 g/mol. The number of carbonyl (C=O) groups is 2. The lowest BCUT2D eigenvalue weighted by molar-refractivity contribution is -0.128. The fraction of sp³-hybridized carbons (Fsp3) is 0.308. The minimum absolute atomic E-state index is 0.0860. The zero-order chi connectivity index (χ0) is 24.6. The molecule has 1 aliphatic heterocycles. The monoisotopic (exact) mass is 490 g/mol. The van der Waals surface area contributed by atoms with Crippen LogP contribution in [0.1, 0.15) is 29.1 Å². The largest absolute Gasteiger partial charge is 0.368 e. The van der Waals surface area contributed by atoms with Crippen LogP contribution in [0.2, 0.25) is 0 Å². The molecule has 2 amide bonds. The number of amides is 2. The van der Waals surface area contributed by atoms with Crippen LogP contribution in [-0.2, 0) is 11.3 Å². The molecule has 0 aliphatic carbocycles. The van der Waals surface area contributed by atoms with Crippen molar-refractivity contribution in [2.45, 2.75) is 24.7 Å². The molecule has 1 fully saturated rings. The summed E-state index contributed by atoms with van der Waals surface area (Å²) in [4.78, 5) is 29.6. The van der Waals surface area contributed by atoms with Gasteiger partial charge in [0.2, 0.25) is 5.91 Å². The Balaban J connectivity index is 1.34. The molecule has 0 radical (unpaired) electrons.